The van der Waals surface area contributed by atoms with Crippen LogP contribution in [0.25, 0.3) is 0 Å². The third kappa shape index (κ3) is 12.5. The zero-order chi connectivity index (χ0) is 52.6. The number of aromatic nitrogens is 2. The van der Waals surface area contributed by atoms with Crippen molar-refractivity contribution in [3.8, 4) is 18.2 Å². The predicted octanol–water partition coefficient (Wildman–Crippen LogP) is 10.5. The van der Waals surface area contributed by atoms with Crippen LogP contribution in [0, 0.1) is 34.0 Å². The minimum absolute atomic E-state index is 0.270. The van der Waals surface area contributed by atoms with E-state index in [1.165, 1.54) is 16.7 Å². The number of anilines is 2. The lowest BCUT2D eigenvalue weighted by Gasteiger charge is -2.38. The molecule has 4 aliphatic heterocycles. The lowest BCUT2D eigenvalue weighted by molar-refractivity contribution is -0.0536. The topological polar surface area (TPSA) is 147 Å². The predicted molar refractivity (Wildman–Crippen MR) is 299 cm³/mol. The normalized spacial score (nSPS) is 20.6. The van der Waals surface area contributed by atoms with Crippen LogP contribution >= 0.6 is 23.5 Å². The molecule has 0 spiro atoms. The highest BCUT2D eigenvalue weighted by molar-refractivity contribution is 7.99. The SMILES string of the molecule is C=C(C1=C(C(C#N)=CC2(C)Cc3c(C#N)c(SCCc4cccc(CC5(C)Cc6c(C#N)c(SCCc7ccccc7)nc(N7CCCNCC7)c6CO5)c4)nc(N(CC)CC)c3CO2)CC(C)(C)OC1)N(C)C. The van der Waals surface area contributed by atoms with Crippen molar-refractivity contribution in [3.05, 3.63) is 140 Å². The molecule has 2 unspecified atom stereocenters. The Morgan fingerprint density at radius 1 is 0.757 bits per heavy atom. The molecule has 0 amide bonds. The highest BCUT2D eigenvalue weighted by atomic mass is 32.2. The number of hydrogen-bond donors (Lipinski definition) is 1. The van der Waals surface area contributed by atoms with Gasteiger partial charge in [0.2, 0.25) is 0 Å². The van der Waals surface area contributed by atoms with E-state index in [-0.39, 0.29) is 6.61 Å². The van der Waals surface area contributed by atoms with Gasteiger partial charge in [-0.1, -0.05) is 61.2 Å². The number of benzene rings is 2. The zero-order valence-corrected chi connectivity index (χ0v) is 46.5. The van der Waals surface area contributed by atoms with Crippen LogP contribution in [0.4, 0.5) is 11.6 Å². The van der Waals surface area contributed by atoms with Gasteiger partial charge in [0, 0.05) is 106 Å². The molecular formula is C60H73N9O3S2. The maximum absolute atomic E-state index is 10.9. The molecule has 388 valence electrons. The minimum Gasteiger partial charge on any atom is -0.378 e. The van der Waals surface area contributed by atoms with Crippen LogP contribution in [-0.2, 0) is 59.5 Å². The minimum atomic E-state index is -0.863. The molecule has 12 nitrogen and oxygen atoms in total. The van der Waals surface area contributed by atoms with Crippen LogP contribution < -0.4 is 15.1 Å². The molecule has 2 aromatic carbocycles. The third-order valence-electron chi connectivity index (χ3n) is 14.9. The van der Waals surface area contributed by atoms with Crippen LogP contribution in [0.5, 0.6) is 0 Å². The van der Waals surface area contributed by atoms with Crippen molar-refractivity contribution in [1.29, 1.82) is 15.8 Å². The first-order chi connectivity index (χ1) is 35.6. The van der Waals surface area contributed by atoms with Gasteiger partial charge in [0.1, 0.15) is 33.8 Å². The number of nitrogens with one attached hydrogen (secondary N) is 1. The second-order valence-corrected chi connectivity index (χ2v) is 23.4. The molecule has 0 saturated carbocycles. The summed E-state index contributed by atoms with van der Waals surface area (Å²) in [6.45, 7) is 23.1. The Morgan fingerprint density at radius 2 is 1.42 bits per heavy atom. The molecule has 4 aliphatic rings. The lowest BCUT2D eigenvalue weighted by atomic mass is 9.82. The van der Waals surface area contributed by atoms with Crippen molar-refractivity contribution in [2.75, 3.05) is 81.3 Å². The highest BCUT2D eigenvalue weighted by Crippen LogP contribution is 2.43. The van der Waals surface area contributed by atoms with E-state index in [4.69, 9.17) is 24.2 Å². The van der Waals surface area contributed by atoms with Gasteiger partial charge in [-0.15, -0.1) is 23.5 Å². The van der Waals surface area contributed by atoms with Crippen LogP contribution in [0.1, 0.15) is 104 Å². The molecule has 6 heterocycles. The van der Waals surface area contributed by atoms with Crippen molar-refractivity contribution in [3.63, 3.8) is 0 Å². The van der Waals surface area contributed by atoms with Crippen molar-refractivity contribution < 1.29 is 14.2 Å². The number of nitriles is 3. The van der Waals surface area contributed by atoms with E-state index in [1.807, 2.05) is 51.9 Å². The summed E-state index contributed by atoms with van der Waals surface area (Å²) in [5, 5.41) is 37.5. The first kappa shape index (κ1) is 54.6. The van der Waals surface area contributed by atoms with Gasteiger partial charge in [-0.3, -0.25) is 0 Å². The molecule has 2 atom stereocenters. The molecule has 1 fully saturated rings. The Balaban J connectivity index is 1.02. The Hall–Kier alpha value is -5.63. The summed E-state index contributed by atoms with van der Waals surface area (Å²) in [5.41, 5.74) is 10.3. The molecule has 0 aliphatic carbocycles. The Kier molecular flexibility index (Phi) is 17.7. The summed E-state index contributed by atoms with van der Waals surface area (Å²) in [5.74, 6) is 3.37. The molecule has 1 saturated heterocycles. The quantitative estimate of drug-likeness (QED) is 0.0745. The molecule has 0 bridgehead atoms. The number of aryl methyl sites for hydroxylation is 2. The first-order valence-electron chi connectivity index (χ1n) is 26.2. The van der Waals surface area contributed by atoms with Crippen molar-refractivity contribution in [2.24, 2.45) is 0 Å². The molecular weight excluding hydrogens is 959 g/mol. The first-order valence-corrected chi connectivity index (χ1v) is 28.2. The Morgan fingerprint density at radius 3 is 2.11 bits per heavy atom. The van der Waals surface area contributed by atoms with Gasteiger partial charge < -0.3 is 34.2 Å². The summed E-state index contributed by atoms with van der Waals surface area (Å²) in [7, 11) is 3.90. The number of rotatable bonds is 18. The molecule has 74 heavy (non-hydrogen) atoms. The largest absolute Gasteiger partial charge is 0.378 e. The summed E-state index contributed by atoms with van der Waals surface area (Å²) in [6.07, 6.45) is 6.95. The van der Waals surface area contributed by atoms with Gasteiger partial charge in [-0.2, -0.15) is 15.8 Å². The number of hydrogen-bond acceptors (Lipinski definition) is 14. The smallest absolute Gasteiger partial charge is 0.135 e. The summed E-state index contributed by atoms with van der Waals surface area (Å²) < 4.78 is 19.8. The Bertz CT molecular complexity index is 2900. The van der Waals surface area contributed by atoms with E-state index in [9.17, 15) is 15.8 Å². The fraction of sp³-hybridized carbons (Fsp3) is 0.483. The maximum Gasteiger partial charge on any atom is 0.135 e. The number of nitrogens with zero attached hydrogens (tertiary/aromatic N) is 8. The van der Waals surface area contributed by atoms with Crippen LogP contribution in [-0.4, -0.2) is 103 Å². The van der Waals surface area contributed by atoms with Crippen LogP contribution in [0.3, 0.4) is 0 Å². The summed E-state index contributed by atoms with van der Waals surface area (Å²) in [6, 6.07) is 27.0. The van der Waals surface area contributed by atoms with E-state index in [2.05, 4.69) is 109 Å². The molecule has 8 rings (SSSR count). The van der Waals surface area contributed by atoms with Crippen LogP contribution in [0.15, 0.2) is 99.7 Å². The van der Waals surface area contributed by atoms with Gasteiger partial charge >= 0.3 is 0 Å². The average Bonchev–Trinajstić information content (AvgIpc) is 3.68. The molecule has 1 N–H and O–H groups in total. The fourth-order valence-electron chi connectivity index (χ4n) is 10.7. The number of thioether (sulfide) groups is 2. The summed E-state index contributed by atoms with van der Waals surface area (Å²) >= 11 is 3.31. The van der Waals surface area contributed by atoms with Crippen molar-refractivity contribution >= 4 is 35.2 Å². The van der Waals surface area contributed by atoms with E-state index >= 15 is 0 Å². The monoisotopic (exact) mass is 1030 g/mol. The van der Waals surface area contributed by atoms with E-state index in [0.717, 1.165) is 131 Å². The Labute approximate surface area is 448 Å². The van der Waals surface area contributed by atoms with E-state index in [1.54, 1.807) is 23.5 Å². The van der Waals surface area contributed by atoms with Gasteiger partial charge in [-0.05, 0) is 107 Å². The maximum atomic E-state index is 10.9. The lowest BCUT2D eigenvalue weighted by Crippen LogP contribution is -2.40. The molecule has 2 aromatic heterocycles. The average molecular weight is 1030 g/mol. The van der Waals surface area contributed by atoms with E-state index < -0.39 is 16.8 Å². The standard InChI is InChI=1S/C60H73N9O3S2/c1-10-68(11-2)54-52-39-72-60(7,31-45(35-61)46-32-58(4,5)70-38-51(46)41(3)67(8)9)34-48(52)50(37-63)56(65-54)74-28-22-43-19-15-20-44(29-43)30-59(6)33-47-49(36-62)57(73-27-21-42-17-13-12-14-18-42)66-55(53(47)40-71-59)69-25-16-23-64-24-26-69/h12-15,17-20,29,31,64H,3,10-11,16,21-28,30,32-34,38-40H2,1-2,4-9H3. The third-order valence-corrected chi connectivity index (χ3v) is 16.8. The number of likely N-dealkylation sites (N-methyl/N-ethyl adjacent to an activating group) is 1. The number of allylic oxidation sites excluding steroid dienone is 1. The fourth-order valence-corrected chi connectivity index (χ4v) is 12.7. The number of fused-ring (bicyclic) bond motifs is 2. The highest BCUT2D eigenvalue weighted by Gasteiger charge is 2.39. The van der Waals surface area contributed by atoms with Crippen molar-refractivity contribution in [2.45, 2.75) is 127 Å². The number of pyridine rings is 2. The van der Waals surface area contributed by atoms with Gasteiger partial charge in [-0.25, -0.2) is 9.97 Å². The second-order valence-electron chi connectivity index (χ2n) is 21.2. The molecule has 0 radical (unpaired) electrons. The van der Waals surface area contributed by atoms with Gasteiger partial charge in [0.15, 0.2) is 0 Å². The van der Waals surface area contributed by atoms with Gasteiger partial charge in [0.05, 0.1) is 59.4 Å². The molecule has 4 aromatic rings. The number of ether oxygens (including phenoxy) is 3. The zero-order valence-electron chi connectivity index (χ0n) is 44.8. The van der Waals surface area contributed by atoms with E-state index in [0.29, 0.717) is 55.6 Å². The van der Waals surface area contributed by atoms with Crippen LogP contribution in [0.2, 0.25) is 0 Å². The summed E-state index contributed by atoms with van der Waals surface area (Å²) in [4.78, 5) is 17.1. The second kappa shape index (κ2) is 23.9. The molecule has 14 heteroatoms. The van der Waals surface area contributed by atoms with Crippen molar-refractivity contribution in [1.82, 2.24) is 20.2 Å². The van der Waals surface area contributed by atoms with Gasteiger partial charge in [0.25, 0.3) is 0 Å².